The lowest BCUT2D eigenvalue weighted by Gasteiger charge is -2.18. The molecule has 0 aromatic heterocycles. The minimum atomic E-state index is -3.65. The summed E-state index contributed by atoms with van der Waals surface area (Å²) >= 11 is 5.95. The Hall–Kier alpha value is -1.56. The summed E-state index contributed by atoms with van der Waals surface area (Å²) in [6, 6.07) is 11.1. The van der Waals surface area contributed by atoms with E-state index < -0.39 is 10.0 Å². The molecule has 0 unspecified atom stereocenters. The normalized spacial score (nSPS) is 15.8. The molecule has 0 amide bonds. The van der Waals surface area contributed by atoms with Gasteiger partial charge in [0, 0.05) is 17.0 Å². The smallest absolute Gasteiger partial charge is 0.244 e. The number of nitrogens with one attached hydrogen (secondary N) is 1. The molecule has 0 spiro atoms. The van der Waals surface area contributed by atoms with Crippen molar-refractivity contribution in [2.45, 2.75) is 37.0 Å². The van der Waals surface area contributed by atoms with Gasteiger partial charge in [-0.1, -0.05) is 23.7 Å². The third kappa shape index (κ3) is 3.68. The number of methoxy groups -OCH3 is 1. The van der Waals surface area contributed by atoms with Crippen molar-refractivity contribution in [3.05, 3.63) is 58.1 Å². The Balaban J connectivity index is 1.83. The lowest BCUT2D eigenvalue weighted by molar-refractivity contribution is 0.401. The quantitative estimate of drug-likeness (QED) is 0.826. The molecule has 1 aliphatic carbocycles. The minimum absolute atomic E-state index is 0.134. The van der Waals surface area contributed by atoms with Crippen LogP contribution in [0.3, 0.4) is 0 Å². The zero-order chi connectivity index (χ0) is 18.2. The Morgan fingerprint density at radius 1 is 1.12 bits per heavy atom. The van der Waals surface area contributed by atoms with Crippen LogP contribution in [-0.2, 0) is 15.4 Å². The van der Waals surface area contributed by atoms with Gasteiger partial charge in [-0.05, 0) is 67.6 Å². The average Bonchev–Trinajstić information content (AvgIpc) is 3.37. The highest BCUT2D eigenvalue weighted by molar-refractivity contribution is 7.89. The van der Waals surface area contributed by atoms with Gasteiger partial charge in [0.05, 0.1) is 7.11 Å². The highest BCUT2D eigenvalue weighted by atomic mass is 35.5. The summed E-state index contributed by atoms with van der Waals surface area (Å²) in [7, 11) is -2.17. The highest BCUT2D eigenvalue weighted by Gasteiger charge is 2.45. The first-order valence-corrected chi connectivity index (χ1v) is 10.0. The molecule has 0 atom stereocenters. The van der Waals surface area contributed by atoms with E-state index in [0.29, 0.717) is 17.3 Å². The van der Waals surface area contributed by atoms with Gasteiger partial charge < -0.3 is 4.74 Å². The molecule has 1 saturated carbocycles. The number of halogens is 1. The first-order chi connectivity index (χ1) is 11.8. The molecule has 134 valence electrons. The predicted octanol–water partition coefficient (Wildman–Crippen LogP) is 3.98. The van der Waals surface area contributed by atoms with Gasteiger partial charge in [0.15, 0.2) is 0 Å². The van der Waals surface area contributed by atoms with Crippen LogP contribution < -0.4 is 9.46 Å². The van der Waals surface area contributed by atoms with E-state index in [1.807, 2.05) is 38.1 Å². The van der Waals surface area contributed by atoms with Crippen LogP contribution in [0.4, 0.5) is 0 Å². The molecule has 1 N–H and O–H groups in total. The minimum Gasteiger partial charge on any atom is -0.495 e. The molecular weight excluding hydrogens is 358 g/mol. The Bertz CT molecular complexity index is 888. The molecular formula is C19H22ClNO3S. The van der Waals surface area contributed by atoms with Gasteiger partial charge in [-0.3, -0.25) is 0 Å². The molecule has 1 aliphatic rings. The summed E-state index contributed by atoms with van der Waals surface area (Å²) in [5.41, 5.74) is 2.90. The van der Waals surface area contributed by atoms with E-state index in [4.69, 9.17) is 16.3 Å². The molecule has 0 radical (unpaired) electrons. The van der Waals surface area contributed by atoms with Gasteiger partial charge in [0.1, 0.15) is 10.6 Å². The predicted molar refractivity (Wildman–Crippen MR) is 100 cm³/mol. The third-order valence-electron chi connectivity index (χ3n) is 4.98. The van der Waals surface area contributed by atoms with Gasteiger partial charge in [0.2, 0.25) is 10.0 Å². The molecule has 4 nitrogen and oxygen atoms in total. The zero-order valence-electron chi connectivity index (χ0n) is 14.6. The molecule has 0 aliphatic heterocycles. The number of benzene rings is 2. The number of rotatable bonds is 6. The standard InChI is InChI=1S/C19H22ClNO3S/c1-13-10-17(24-3)18(11-14(13)2)25(22,23)21-12-19(8-9-19)15-4-6-16(20)7-5-15/h4-7,10-11,21H,8-9,12H2,1-3H3. The van der Waals surface area contributed by atoms with Crippen molar-refractivity contribution in [1.82, 2.24) is 4.72 Å². The number of hydrogen-bond acceptors (Lipinski definition) is 3. The van der Waals surface area contributed by atoms with E-state index in [2.05, 4.69) is 4.72 Å². The summed E-state index contributed by atoms with van der Waals surface area (Å²) in [4.78, 5) is 0.185. The maximum Gasteiger partial charge on any atom is 0.244 e. The summed E-state index contributed by atoms with van der Waals surface area (Å²) in [6.45, 7) is 4.19. The maximum atomic E-state index is 12.8. The van der Waals surface area contributed by atoms with Gasteiger partial charge in [-0.15, -0.1) is 0 Å². The lowest BCUT2D eigenvalue weighted by atomic mass is 9.96. The second kappa shape index (κ2) is 6.63. The number of hydrogen-bond donors (Lipinski definition) is 1. The third-order valence-corrected chi connectivity index (χ3v) is 6.65. The Morgan fingerprint density at radius 2 is 1.72 bits per heavy atom. The van der Waals surface area contributed by atoms with E-state index >= 15 is 0 Å². The molecule has 2 aromatic carbocycles. The highest BCUT2D eigenvalue weighted by Crippen LogP contribution is 2.48. The molecule has 25 heavy (non-hydrogen) atoms. The van der Waals surface area contributed by atoms with Crippen molar-refractivity contribution < 1.29 is 13.2 Å². The molecule has 6 heteroatoms. The van der Waals surface area contributed by atoms with Gasteiger partial charge in [-0.25, -0.2) is 13.1 Å². The second-order valence-electron chi connectivity index (χ2n) is 6.70. The summed E-state index contributed by atoms with van der Waals surface area (Å²) in [6.07, 6.45) is 1.92. The SMILES string of the molecule is COc1cc(C)c(C)cc1S(=O)(=O)NCC1(c2ccc(Cl)cc2)CC1. The van der Waals surface area contributed by atoms with Crippen molar-refractivity contribution in [3.63, 3.8) is 0 Å². The van der Waals surface area contributed by atoms with E-state index in [1.165, 1.54) is 7.11 Å². The van der Waals surface area contributed by atoms with Gasteiger partial charge >= 0.3 is 0 Å². The average molecular weight is 380 g/mol. The first kappa shape index (κ1) is 18.2. The molecule has 0 heterocycles. The number of aryl methyl sites for hydroxylation is 2. The fraction of sp³-hybridized carbons (Fsp3) is 0.368. The monoisotopic (exact) mass is 379 g/mol. The fourth-order valence-electron chi connectivity index (χ4n) is 2.97. The molecule has 0 saturated heterocycles. The van der Waals surface area contributed by atoms with Crippen LogP contribution in [-0.4, -0.2) is 22.1 Å². The lowest BCUT2D eigenvalue weighted by Crippen LogP contribution is -2.32. The van der Waals surface area contributed by atoms with Crippen molar-refractivity contribution >= 4 is 21.6 Å². The largest absolute Gasteiger partial charge is 0.495 e. The van der Waals surface area contributed by atoms with Crippen LogP contribution in [0.15, 0.2) is 41.3 Å². The molecule has 3 rings (SSSR count). The van der Waals surface area contributed by atoms with Gasteiger partial charge in [0.25, 0.3) is 0 Å². The van der Waals surface area contributed by atoms with Crippen LogP contribution >= 0.6 is 11.6 Å². The Labute approximate surface area is 154 Å². The van der Waals surface area contributed by atoms with Crippen molar-refractivity contribution in [3.8, 4) is 5.75 Å². The Kier molecular flexibility index (Phi) is 4.84. The molecule has 1 fully saturated rings. The van der Waals surface area contributed by atoms with Crippen molar-refractivity contribution in [2.75, 3.05) is 13.7 Å². The van der Waals surface area contributed by atoms with Crippen LogP contribution in [0.1, 0.15) is 29.5 Å². The molecule has 2 aromatic rings. The van der Waals surface area contributed by atoms with Crippen molar-refractivity contribution in [1.29, 1.82) is 0 Å². The second-order valence-corrected chi connectivity index (χ2v) is 8.87. The van der Waals surface area contributed by atoms with Crippen LogP contribution in [0.2, 0.25) is 5.02 Å². The van der Waals surface area contributed by atoms with Crippen molar-refractivity contribution in [2.24, 2.45) is 0 Å². The van der Waals surface area contributed by atoms with E-state index in [1.54, 1.807) is 12.1 Å². The summed E-state index contributed by atoms with van der Waals surface area (Å²) in [5, 5.41) is 0.681. The van der Waals surface area contributed by atoms with Crippen LogP contribution in [0, 0.1) is 13.8 Å². The first-order valence-electron chi connectivity index (χ1n) is 8.18. The fourth-order valence-corrected chi connectivity index (χ4v) is 4.45. The van der Waals surface area contributed by atoms with Crippen LogP contribution in [0.25, 0.3) is 0 Å². The molecule has 0 bridgehead atoms. The number of sulfonamides is 1. The number of ether oxygens (including phenoxy) is 1. The Morgan fingerprint density at radius 3 is 2.28 bits per heavy atom. The van der Waals surface area contributed by atoms with E-state index in [9.17, 15) is 8.42 Å². The van der Waals surface area contributed by atoms with Gasteiger partial charge in [-0.2, -0.15) is 0 Å². The topological polar surface area (TPSA) is 55.4 Å². The summed E-state index contributed by atoms with van der Waals surface area (Å²) < 4.78 is 33.7. The zero-order valence-corrected chi connectivity index (χ0v) is 16.2. The maximum absolute atomic E-state index is 12.8. The van der Waals surface area contributed by atoms with E-state index in [-0.39, 0.29) is 10.3 Å². The summed E-state index contributed by atoms with van der Waals surface area (Å²) in [5.74, 6) is 0.368. The van der Waals surface area contributed by atoms with E-state index in [0.717, 1.165) is 29.5 Å². The van der Waals surface area contributed by atoms with Crippen LogP contribution in [0.5, 0.6) is 5.75 Å².